The highest BCUT2D eigenvalue weighted by atomic mass is 32.2. The summed E-state index contributed by atoms with van der Waals surface area (Å²) in [5.74, 6) is -0.332. The summed E-state index contributed by atoms with van der Waals surface area (Å²) < 4.78 is 29.5. The van der Waals surface area contributed by atoms with E-state index >= 15 is 0 Å². The van der Waals surface area contributed by atoms with Crippen LogP contribution < -0.4 is 11.5 Å². The number of anilines is 2. The predicted molar refractivity (Wildman–Crippen MR) is 55.4 cm³/mol. The van der Waals surface area contributed by atoms with Crippen molar-refractivity contribution in [1.29, 1.82) is 0 Å². The van der Waals surface area contributed by atoms with Crippen molar-refractivity contribution in [3.63, 3.8) is 0 Å². The van der Waals surface area contributed by atoms with E-state index in [-0.39, 0.29) is 12.2 Å². The van der Waals surface area contributed by atoms with Gasteiger partial charge in [-0.25, -0.2) is 0 Å². The third-order valence-corrected chi connectivity index (χ3v) is 2.52. The van der Waals surface area contributed by atoms with Crippen molar-refractivity contribution in [2.45, 2.75) is 6.42 Å². The largest absolute Gasteiger partial charge is 0.399 e. The highest BCUT2D eigenvalue weighted by Gasteiger charge is 2.07. The molecule has 0 atom stereocenters. The highest BCUT2D eigenvalue weighted by Crippen LogP contribution is 2.16. The zero-order chi connectivity index (χ0) is 10.8. The Morgan fingerprint density at radius 3 is 2.43 bits per heavy atom. The lowest BCUT2D eigenvalue weighted by Gasteiger charge is -2.04. The molecule has 0 amide bonds. The Morgan fingerprint density at radius 2 is 1.93 bits per heavy atom. The van der Waals surface area contributed by atoms with Crippen LogP contribution in [0.15, 0.2) is 18.2 Å². The van der Waals surface area contributed by atoms with Crippen molar-refractivity contribution in [3.8, 4) is 0 Å². The molecule has 0 aliphatic rings. The molecule has 1 rings (SSSR count). The molecule has 14 heavy (non-hydrogen) atoms. The molecular weight excluding hydrogens is 204 g/mol. The molecular formula is C8H12N2O3S. The second-order valence-electron chi connectivity index (χ2n) is 2.99. The quantitative estimate of drug-likeness (QED) is 0.497. The summed E-state index contributed by atoms with van der Waals surface area (Å²) in [7, 11) is -3.94. The van der Waals surface area contributed by atoms with Gasteiger partial charge in [0.15, 0.2) is 0 Å². The second-order valence-corrected chi connectivity index (χ2v) is 4.57. The Labute approximate surface area is 82.5 Å². The van der Waals surface area contributed by atoms with E-state index in [4.69, 9.17) is 16.0 Å². The van der Waals surface area contributed by atoms with Crippen LogP contribution in [0.3, 0.4) is 0 Å². The monoisotopic (exact) mass is 216 g/mol. The molecule has 0 radical (unpaired) electrons. The molecule has 1 aromatic rings. The van der Waals surface area contributed by atoms with Gasteiger partial charge in [-0.1, -0.05) is 6.07 Å². The maximum atomic E-state index is 10.5. The van der Waals surface area contributed by atoms with Crippen LogP contribution in [0.2, 0.25) is 0 Å². The number of rotatable bonds is 3. The standard InChI is InChI=1S/C8H12N2O3S/c9-7-2-1-6(8(10)5-7)3-4-14(11,12)13/h1-2,5H,3-4,9-10H2,(H,11,12,13). The van der Waals surface area contributed by atoms with E-state index < -0.39 is 10.1 Å². The number of hydrogen-bond donors (Lipinski definition) is 3. The van der Waals surface area contributed by atoms with Crippen molar-refractivity contribution >= 4 is 21.5 Å². The summed E-state index contributed by atoms with van der Waals surface area (Å²) in [6.45, 7) is 0. The Kier molecular flexibility index (Phi) is 2.97. The maximum absolute atomic E-state index is 10.5. The number of aryl methyl sites for hydroxylation is 1. The van der Waals surface area contributed by atoms with Gasteiger partial charge in [0.05, 0.1) is 5.75 Å². The van der Waals surface area contributed by atoms with Crippen LogP contribution in [0, 0.1) is 0 Å². The molecule has 0 spiro atoms. The predicted octanol–water partition coefficient (Wildman–Crippen LogP) is 0.281. The van der Waals surface area contributed by atoms with Crippen molar-refractivity contribution in [1.82, 2.24) is 0 Å². The van der Waals surface area contributed by atoms with Gasteiger partial charge in [0.1, 0.15) is 0 Å². The molecule has 6 heteroatoms. The average Bonchev–Trinajstić information content (AvgIpc) is 2.00. The normalized spacial score (nSPS) is 11.5. The van der Waals surface area contributed by atoms with Gasteiger partial charge in [-0.05, 0) is 24.1 Å². The summed E-state index contributed by atoms with van der Waals surface area (Å²) in [6, 6.07) is 4.84. The Bertz CT molecular complexity index is 428. The Balaban J connectivity index is 2.78. The van der Waals surface area contributed by atoms with Gasteiger partial charge < -0.3 is 11.5 Å². The van der Waals surface area contributed by atoms with Crippen LogP contribution in [0.25, 0.3) is 0 Å². The average molecular weight is 216 g/mol. The smallest absolute Gasteiger partial charge is 0.265 e. The lowest BCUT2D eigenvalue weighted by molar-refractivity contribution is 0.483. The summed E-state index contributed by atoms with van der Waals surface area (Å²) in [5.41, 5.74) is 12.7. The molecule has 0 aliphatic heterocycles. The molecule has 0 saturated carbocycles. The topological polar surface area (TPSA) is 106 Å². The van der Waals surface area contributed by atoms with Gasteiger partial charge in [-0.2, -0.15) is 8.42 Å². The van der Waals surface area contributed by atoms with Crippen LogP contribution in [0.4, 0.5) is 11.4 Å². The summed E-state index contributed by atoms with van der Waals surface area (Å²) in [4.78, 5) is 0. The minimum atomic E-state index is -3.94. The van der Waals surface area contributed by atoms with Crippen molar-refractivity contribution < 1.29 is 13.0 Å². The zero-order valence-electron chi connectivity index (χ0n) is 7.47. The van der Waals surface area contributed by atoms with Crippen LogP contribution in [-0.4, -0.2) is 18.7 Å². The van der Waals surface area contributed by atoms with E-state index in [1.54, 1.807) is 18.2 Å². The summed E-state index contributed by atoms with van der Waals surface area (Å²) in [6.07, 6.45) is 0.185. The molecule has 0 aromatic heterocycles. The van der Waals surface area contributed by atoms with Crippen LogP contribution in [-0.2, 0) is 16.5 Å². The summed E-state index contributed by atoms with van der Waals surface area (Å²) in [5, 5.41) is 0. The molecule has 0 heterocycles. The molecule has 0 unspecified atom stereocenters. The first-order valence-electron chi connectivity index (χ1n) is 3.97. The van der Waals surface area contributed by atoms with Gasteiger partial charge in [-0.3, -0.25) is 4.55 Å². The van der Waals surface area contributed by atoms with Crippen LogP contribution >= 0.6 is 0 Å². The van der Waals surface area contributed by atoms with E-state index in [1.807, 2.05) is 0 Å². The van der Waals surface area contributed by atoms with Crippen molar-refractivity contribution in [2.24, 2.45) is 0 Å². The van der Waals surface area contributed by atoms with E-state index in [9.17, 15) is 8.42 Å². The molecule has 0 saturated heterocycles. The van der Waals surface area contributed by atoms with Gasteiger partial charge in [0.25, 0.3) is 10.1 Å². The Hall–Kier alpha value is -1.27. The molecule has 5 nitrogen and oxygen atoms in total. The van der Waals surface area contributed by atoms with E-state index in [1.165, 1.54) is 0 Å². The van der Waals surface area contributed by atoms with Crippen LogP contribution in [0.5, 0.6) is 0 Å². The zero-order valence-corrected chi connectivity index (χ0v) is 8.29. The van der Waals surface area contributed by atoms with Crippen molar-refractivity contribution in [2.75, 3.05) is 17.2 Å². The summed E-state index contributed by atoms with van der Waals surface area (Å²) >= 11 is 0. The van der Waals surface area contributed by atoms with E-state index in [0.29, 0.717) is 16.9 Å². The molecule has 1 aromatic carbocycles. The first kappa shape index (κ1) is 10.8. The highest BCUT2D eigenvalue weighted by molar-refractivity contribution is 7.85. The second kappa shape index (κ2) is 3.85. The fraction of sp³-hybridized carbons (Fsp3) is 0.250. The van der Waals surface area contributed by atoms with Crippen molar-refractivity contribution in [3.05, 3.63) is 23.8 Å². The first-order chi connectivity index (χ1) is 6.38. The maximum Gasteiger partial charge on any atom is 0.265 e. The fourth-order valence-corrected chi connectivity index (χ4v) is 1.56. The minimum absolute atomic E-state index is 0.185. The molecule has 78 valence electrons. The third-order valence-electron chi connectivity index (χ3n) is 1.80. The lowest BCUT2D eigenvalue weighted by Crippen LogP contribution is -2.08. The van der Waals surface area contributed by atoms with Gasteiger partial charge in [-0.15, -0.1) is 0 Å². The Morgan fingerprint density at radius 1 is 1.29 bits per heavy atom. The van der Waals surface area contributed by atoms with Gasteiger partial charge >= 0.3 is 0 Å². The first-order valence-corrected chi connectivity index (χ1v) is 5.58. The van der Waals surface area contributed by atoms with Crippen LogP contribution in [0.1, 0.15) is 5.56 Å². The van der Waals surface area contributed by atoms with Gasteiger partial charge in [0.2, 0.25) is 0 Å². The number of nitrogen functional groups attached to an aromatic ring is 2. The molecule has 5 N–H and O–H groups in total. The molecule has 0 aliphatic carbocycles. The lowest BCUT2D eigenvalue weighted by atomic mass is 10.1. The van der Waals surface area contributed by atoms with Gasteiger partial charge in [0, 0.05) is 11.4 Å². The fourth-order valence-electron chi connectivity index (χ4n) is 1.08. The minimum Gasteiger partial charge on any atom is -0.399 e. The number of hydrogen-bond acceptors (Lipinski definition) is 4. The molecule has 0 fully saturated rings. The van der Waals surface area contributed by atoms with E-state index in [2.05, 4.69) is 0 Å². The third kappa shape index (κ3) is 3.23. The number of nitrogens with two attached hydrogens (primary N) is 2. The van der Waals surface area contributed by atoms with E-state index in [0.717, 1.165) is 0 Å². The molecule has 0 bridgehead atoms. The SMILES string of the molecule is Nc1ccc(CCS(=O)(=O)O)c(N)c1. The number of benzene rings is 1.